The minimum absolute atomic E-state index is 0.0614. The monoisotopic (exact) mass is 358 g/mol. The summed E-state index contributed by atoms with van der Waals surface area (Å²) in [5.41, 5.74) is 2.43. The highest BCUT2D eigenvalue weighted by atomic mass is 16.2. The van der Waals surface area contributed by atoms with Gasteiger partial charge in [0.25, 0.3) is 5.91 Å². The van der Waals surface area contributed by atoms with Crippen LogP contribution in [0.2, 0.25) is 0 Å². The predicted octanol–water partition coefficient (Wildman–Crippen LogP) is 2.79. The molecule has 0 saturated heterocycles. The number of carbonyl (C=O) groups is 1. The molecule has 0 aliphatic heterocycles. The zero-order valence-electron chi connectivity index (χ0n) is 15.1. The third-order valence-electron chi connectivity index (χ3n) is 4.49. The molecule has 0 atom stereocenters. The Morgan fingerprint density at radius 2 is 2.00 bits per heavy atom. The molecule has 2 aromatic heterocycles. The van der Waals surface area contributed by atoms with E-state index in [0.29, 0.717) is 17.9 Å². The first kappa shape index (κ1) is 16.8. The van der Waals surface area contributed by atoms with Gasteiger partial charge in [0, 0.05) is 36.9 Å². The van der Waals surface area contributed by atoms with E-state index >= 15 is 0 Å². The van der Waals surface area contributed by atoms with Crippen LogP contribution >= 0.6 is 0 Å². The molecule has 134 valence electrons. The van der Waals surface area contributed by atoms with Crippen LogP contribution in [0.1, 0.15) is 21.7 Å². The lowest BCUT2D eigenvalue weighted by molar-refractivity contribution is 0.0785. The molecule has 0 aliphatic carbocycles. The van der Waals surface area contributed by atoms with Crippen molar-refractivity contribution in [1.29, 1.82) is 0 Å². The SMILES string of the molecule is Cc1nnnn1-c1cccc(C(=O)N(C)Cc2cccc3cnccc23)c1. The summed E-state index contributed by atoms with van der Waals surface area (Å²) >= 11 is 0. The van der Waals surface area contributed by atoms with Crippen LogP contribution in [0.15, 0.2) is 60.9 Å². The molecule has 0 aliphatic rings. The minimum atomic E-state index is -0.0614. The average molecular weight is 358 g/mol. The summed E-state index contributed by atoms with van der Waals surface area (Å²) in [5, 5.41) is 13.7. The molecule has 0 fully saturated rings. The molecule has 7 nitrogen and oxygen atoms in total. The van der Waals surface area contributed by atoms with Gasteiger partial charge >= 0.3 is 0 Å². The standard InChI is InChI=1S/C20H18N6O/c1-14-22-23-24-26(14)18-8-4-5-15(11-18)20(27)25(2)13-17-7-3-6-16-12-21-10-9-19(16)17/h3-12H,13H2,1-2H3. The largest absolute Gasteiger partial charge is 0.337 e. The number of aromatic nitrogens is 5. The van der Waals surface area contributed by atoms with E-state index < -0.39 is 0 Å². The first-order valence-corrected chi connectivity index (χ1v) is 8.56. The Morgan fingerprint density at radius 1 is 1.15 bits per heavy atom. The molecule has 0 unspecified atom stereocenters. The van der Waals surface area contributed by atoms with E-state index in [1.807, 2.05) is 49.5 Å². The molecule has 1 amide bonds. The van der Waals surface area contributed by atoms with E-state index in [2.05, 4.69) is 20.5 Å². The second-order valence-electron chi connectivity index (χ2n) is 6.36. The fraction of sp³-hybridized carbons (Fsp3) is 0.150. The highest BCUT2D eigenvalue weighted by Gasteiger charge is 2.15. The van der Waals surface area contributed by atoms with Crippen LogP contribution in [0.5, 0.6) is 0 Å². The highest BCUT2D eigenvalue weighted by molar-refractivity contribution is 5.95. The van der Waals surface area contributed by atoms with Gasteiger partial charge < -0.3 is 4.90 Å². The van der Waals surface area contributed by atoms with Crippen molar-refractivity contribution in [2.75, 3.05) is 7.05 Å². The van der Waals surface area contributed by atoms with Gasteiger partial charge in [-0.15, -0.1) is 5.10 Å². The summed E-state index contributed by atoms with van der Waals surface area (Å²) in [6.45, 7) is 2.32. The average Bonchev–Trinajstić information content (AvgIpc) is 3.13. The van der Waals surface area contributed by atoms with Gasteiger partial charge in [-0.25, -0.2) is 0 Å². The molecule has 27 heavy (non-hydrogen) atoms. The Labute approximate surface area is 156 Å². The Morgan fingerprint density at radius 3 is 2.81 bits per heavy atom. The van der Waals surface area contributed by atoms with Gasteiger partial charge in [-0.1, -0.05) is 24.3 Å². The van der Waals surface area contributed by atoms with Crippen LogP contribution in [0, 0.1) is 6.92 Å². The Kier molecular flexibility index (Phi) is 4.33. The molecule has 0 N–H and O–H groups in total. The number of hydrogen-bond donors (Lipinski definition) is 0. The summed E-state index contributed by atoms with van der Waals surface area (Å²) < 4.78 is 1.61. The Balaban J connectivity index is 1.60. The fourth-order valence-electron chi connectivity index (χ4n) is 3.12. The van der Waals surface area contributed by atoms with Crippen LogP contribution in [-0.4, -0.2) is 43.0 Å². The van der Waals surface area contributed by atoms with Crippen molar-refractivity contribution < 1.29 is 4.79 Å². The molecule has 0 bridgehead atoms. The first-order valence-electron chi connectivity index (χ1n) is 8.56. The van der Waals surface area contributed by atoms with Gasteiger partial charge in [-0.2, -0.15) is 4.68 Å². The van der Waals surface area contributed by atoms with Gasteiger partial charge in [0.2, 0.25) is 0 Å². The van der Waals surface area contributed by atoms with E-state index in [9.17, 15) is 4.79 Å². The number of aryl methyl sites for hydroxylation is 1. The topological polar surface area (TPSA) is 76.8 Å². The summed E-state index contributed by atoms with van der Waals surface area (Å²) in [7, 11) is 1.80. The van der Waals surface area contributed by atoms with Gasteiger partial charge in [0.1, 0.15) is 0 Å². The van der Waals surface area contributed by atoms with Crippen LogP contribution in [0.25, 0.3) is 16.5 Å². The van der Waals surface area contributed by atoms with E-state index in [4.69, 9.17) is 0 Å². The molecule has 0 spiro atoms. The molecular weight excluding hydrogens is 340 g/mol. The van der Waals surface area contributed by atoms with Gasteiger partial charge in [-0.3, -0.25) is 9.78 Å². The highest BCUT2D eigenvalue weighted by Crippen LogP contribution is 2.20. The summed E-state index contributed by atoms with van der Waals surface area (Å²) in [5.74, 6) is 0.603. The number of tetrazole rings is 1. The van der Waals surface area contributed by atoms with Gasteiger partial charge in [0.15, 0.2) is 5.82 Å². The summed E-state index contributed by atoms with van der Waals surface area (Å²) in [4.78, 5) is 18.8. The van der Waals surface area contributed by atoms with Crippen LogP contribution in [-0.2, 0) is 6.54 Å². The lowest BCUT2D eigenvalue weighted by atomic mass is 10.1. The molecule has 0 radical (unpaired) electrons. The third kappa shape index (κ3) is 3.27. The second-order valence-corrected chi connectivity index (χ2v) is 6.36. The quantitative estimate of drug-likeness (QED) is 0.561. The van der Waals surface area contributed by atoms with Crippen molar-refractivity contribution in [2.45, 2.75) is 13.5 Å². The van der Waals surface area contributed by atoms with E-state index in [1.54, 1.807) is 35.0 Å². The normalized spacial score (nSPS) is 10.9. The molecule has 2 aromatic carbocycles. The Bertz CT molecular complexity index is 1110. The number of pyridine rings is 1. The second kappa shape index (κ2) is 6.95. The van der Waals surface area contributed by atoms with Crippen molar-refractivity contribution in [3.05, 3.63) is 77.9 Å². The van der Waals surface area contributed by atoms with E-state index in [1.165, 1.54) is 0 Å². The number of nitrogens with zero attached hydrogens (tertiary/aromatic N) is 6. The molecule has 7 heteroatoms. The van der Waals surface area contributed by atoms with Crippen LogP contribution < -0.4 is 0 Å². The number of hydrogen-bond acceptors (Lipinski definition) is 5. The van der Waals surface area contributed by atoms with E-state index in [-0.39, 0.29) is 5.91 Å². The van der Waals surface area contributed by atoms with E-state index in [0.717, 1.165) is 22.0 Å². The maximum absolute atomic E-state index is 12.9. The van der Waals surface area contributed by atoms with Crippen molar-refractivity contribution in [1.82, 2.24) is 30.1 Å². The fourth-order valence-corrected chi connectivity index (χ4v) is 3.12. The number of carbonyl (C=O) groups excluding carboxylic acids is 1. The number of amides is 1. The molecule has 0 saturated carbocycles. The van der Waals surface area contributed by atoms with Crippen molar-refractivity contribution in [3.8, 4) is 5.69 Å². The smallest absolute Gasteiger partial charge is 0.253 e. The maximum Gasteiger partial charge on any atom is 0.253 e. The van der Waals surface area contributed by atoms with Gasteiger partial charge in [0.05, 0.1) is 5.69 Å². The summed E-state index contributed by atoms with van der Waals surface area (Å²) in [6, 6.07) is 15.3. The van der Waals surface area contributed by atoms with Crippen LogP contribution in [0.4, 0.5) is 0 Å². The third-order valence-corrected chi connectivity index (χ3v) is 4.49. The molecular formula is C20H18N6O. The Hall–Kier alpha value is -3.61. The number of rotatable bonds is 4. The van der Waals surface area contributed by atoms with Crippen molar-refractivity contribution in [3.63, 3.8) is 0 Å². The lowest BCUT2D eigenvalue weighted by Gasteiger charge is -2.19. The zero-order valence-corrected chi connectivity index (χ0v) is 15.1. The number of benzene rings is 2. The van der Waals surface area contributed by atoms with Gasteiger partial charge in [-0.05, 0) is 52.6 Å². The molecule has 4 aromatic rings. The first-order chi connectivity index (χ1) is 13.1. The lowest BCUT2D eigenvalue weighted by Crippen LogP contribution is -2.26. The molecule has 4 rings (SSSR count). The maximum atomic E-state index is 12.9. The molecule has 2 heterocycles. The predicted molar refractivity (Wildman–Crippen MR) is 101 cm³/mol. The minimum Gasteiger partial charge on any atom is -0.337 e. The van der Waals surface area contributed by atoms with Crippen molar-refractivity contribution >= 4 is 16.7 Å². The van der Waals surface area contributed by atoms with Crippen molar-refractivity contribution in [2.24, 2.45) is 0 Å². The van der Waals surface area contributed by atoms with Crippen LogP contribution in [0.3, 0.4) is 0 Å². The number of fused-ring (bicyclic) bond motifs is 1. The zero-order chi connectivity index (χ0) is 18.8. The summed E-state index contributed by atoms with van der Waals surface area (Å²) in [6.07, 6.45) is 3.60.